The standard InChI is InChI=1S/C24H35N3O5/c1-23-11-8-16(28)14-15(23)4-5-17-18-6-7-20(24(18,2)12-9-19(17)23)32-21(29)10-13-27(26-31)22(30)25-3/h14,17-20H,4-13H2,1-3H3,(H,25,30)/t17?,18?,19?,20-,23-,24-/m0/s1. The number of urea groups is 1. The molecule has 176 valence electrons. The van der Waals surface area contributed by atoms with Gasteiger partial charge in [0.25, 0.3) is 0 Å². The third-order valence-corrected chi connectivity index (χ3v) is 9.22. The third-order valence-electron chi connectivity index (χ3n) is 9.22. The molecule has 4 rings (SSSR count). The zero-order valence-corrected chi connectivity index (χ0v) is 19.4. The fourth-order valence-electron chi connectivity index (χ4n) is 7.43. The molecule has 0 heterocycles. The van der Waals surface area contributed by atoms with Crippen LogP contribution >= 0.6 is 0 Å². The van der Waals surface area contributed by atoms with Crippen molar-refractivity contribution in [2.75, 3.05) is 13.6 Å². The number of rotatable bonds is 5. The summed E-state index contributed by atoms with van der Waals surface area (Å²) in [7, 11) is 1.41. The van der Waals surface area contributed by atoms with E-state index < -0.39 is 6.03 Å². The second-order valence-corrected chi connectivity index (χ2v) is 10.6. The normalized spacial score (nSPS) is 38.0. The van der Waals surface area contributed by atoms with E-state index in [0.717, 1.165) is 44.9 Å². The third kappa shape index (κ3) is 3.75. The van der Waals surface area contributed by atoms with Gasteiger partial charge in [0.1, 0.15) is 6.10 Å². The molecule has 8 heteroatoms. The maximum Gasteiger partial charge on any atom is 0.340 e. The second-order valence-electron chi connectivity index (χ2n) is 10.6. The van der Waals surface area contributed by atoms with Gasteiger partial charge in [0.05, 0.1) is 18.3 Å². The van der Waals surface area contributed by atoms with Crippen molar-refractivity contribution >= 4 is 17.8 Å². The van der Waals surface area contributed by atoms with Crippen LogP contribution in [0.3, 0.4) is 0 Å². The molecule has 32 heavy (non-hydrogen) atoms. The highest BCUT2D eigenvalue weighted by molar-refractivity contribution is 5.91. The number of esters is 1. The molecule has 3 unspecified atom stereocenters. The van der Waals surface area contributed by atoms with Gasteiger partial charge in [-0.3, -0.25) is 9.59 Å². The molecule has 0 aromatic carbocycles. The van der Waals surface area contributed by atoms with Gasteiger partial charge in [0, 0.05) is 18.9 Å². The first-order chi connectivity index (χ1) is 15.2. The number of fused-ring (bicyclic) bond motifs is 5. The van der Waals surface area contributed by atoms with Crippen molar-refractivity contribution in [1.82, 2.24) is 10.3 Å². The first kappa shape index (κ1) is 22.9. The molecule has 3 saturated carbocycles. The van der Waals surface area contributed by atoms with Crippen LogP contribution < -0.4 is 5.32 Å². The molecular weight excluding hydrogens is 410 g/mol. The number of nitrogens with zero attached hydrogens (tertiary/aromatic N) is 2. The Bertz CT molecular complexity index is 841. The molecule has 0 aromatic rings. The minimum absolute atomic E-state index is 0.0394. The van der Waals surface area contributed by atoms with E-state index in [1.807, 2.05) is 6.08 Å². The van der Waals surface area contributed by atoms with Crippen molar-refractivity contribution in [2.24, 2.45) is 33.9 Å². The molecule has 0 bridgehead atoms. The van der Waals surface area contributed by atoms with Gasteiger partial charge in [-0.05, 0) is 74.2 Å². The van der Waals surface area contributed by atoms with Gasteiger partial charge in [-0.1, -0.05) is 19.4 Å². The molecule has 3 fully saturated rings. The van der Waals surface area contributed by atoms with E-state index in [-0.39, 0.29) is 41.7 Å². The minimum Gasteiger partial charge on any atom is -0.462 e. The fraction of sp³-hybridized carbons (Fsp3) is 0.792. The fourth-order valence-corrected chi connectivity index (χ4v) is 7.43. The van der Waals surface area contributed by atoms with E-state index in [0.29, 0.717) is 29.2 Å². The molecule has 4 aliphatic carbocycles. The van der Waals surface area contributed by atoms with E-state index in [1.54, 1.807) is 0 Å². The monoisotopic (exact) mass is 445 g/mol. The van der Waals surface area contributed by atoms with Crippen LogP contribution in [0.15, 0.2) is 16.9 Å². The number of amides is 2. The largest absolute Gasteiger partial charge is 0.462 e. The van der Waals surface area contributed by atoms with Gasteiger partial charge in [0.2, 0.25) is 0 Å². The smallest absolute Gasteiger partial charge is 0.340 e. The Morgan fingerprint density at radius 3 is 2.66 bits per heavy atom. The van der Waals surface area contributed by atoms with Gasteiger partial charge >= 0.3 is 12.0 Å². The molecule has 2 amide bonds. The summed E-state index contributed by atoms with van der Waals surface area (Å²) in [6.45, 7) is 4.56. The van der Waals surface area contributed by atoms with Crippen LogP contribution in [0.1, 0.15) is 71.6 Å². The van der Waals surface area contributed by atoms with E-state index in [9.17, 15) is 19.3 Å². The highest BCUT2D eigenvalue weighted by Gasteiger charge is 2.59. The van der Waals surface area contributed by atoms with Crippen molar-refractivity contribution in [3.63, 3.8) is 0 Å². The van der Waals surface area contributed by atoms with Crippen molar-refractivity contribution in [3.8, 4) is 0 Å². The Balaban J connectivity index is 1.41. The maximum absolute atomic E-state index is 12.5. The van der Waals surface area contributed by atoms with Crippen LogP contribution in [-0.2, 0) is 14.3 Å². The van der Waals surface area contributed by atoms with E-state index in [2.05, 4.69) is 24.5 Å². The van der Waals surface area contributed by atoms with Crippen molar-refractivity contribution < 1.29 is 19.1 Å². The summed E-state index contributed by atoms with van der Waals surface area (Å²) in [5.41, 5.74) is 1.46. The molecule has 0 saturated heterocycles. The highest BCUT2D eigenvalue weighted by atomic mass is 16.5. The Kier molecular flexibility index (Phi) is 6.16. The van der Waals surface area contributed by atoms with Crippen LogP contribution in [0.4, 0.5) is 4.79 Å². The van der Waals surface area contributed by atoms with E-state index >= 15 is 0 Å². The first-order valence-electron chi connectivity index (χ1n) is 12.0. The summed E-state index contributed by atoms with van der Waals surface area (Å²) in [6, 6.07) is -0.636. The Labute approximate surface area is 189 Å². The Morgan fingerprint density at radius 1 is 1.16 bits per heavy atom. The first-order valence-corrected chi connectivity index (χ1v) is 12.0. The van der Waals surface area contributed by atoms with Gasteiger partial charge in [-0.15, -0.1) is 4.91 Å². The summed E-state index contributed by atoms with van der Waals surface area (Å²) in [6.07, 6.45) is 9.55. The van der Waals surface area contributed by atoms with Crippen molar-refractivity contribution in [2.45, 2.75) is 77.7 Å². The number of nitrogens with one attached hydrogen (secondary N) is 1. The summed E-state index contributed by atoms with van der Waals surface area (Å²) in [5, 5.41) is 5.70. The minimum atomic E-state index is -0.636. The van der Waals surface area contributed by atoms with Crippen LogP contribution in [-0.4, -0.2) is 42.5 Å². The molecule has 4 aliphatic rings. The van der Waals surface area contributed by atoms with Crippen LogP contribution in [0.25, 0.3) is 0 Å². The van der Waals surface area contributed by atoms with Gasteiger partial charge < -0.3 is 10.1 Å². The van der Waals surface area contributed by atoms with Crippen LogP contribution in [0.2, 0.25) is 0 Å². The average molecular weight is 446 g/mol. The lowest BCUT2D eigenvalue weighted by Crippen LogP contribution is -2.51. The number of ketones is 1. The topological polar surface area (TPSA) is 105 Å². The van der Waals surface area contributed by atoms with Crippen LogP contribution in [0, 0.1) is 33.5 Å². The summed E-state index contributed by atoms with van der Waals surface area (Å²) in [4.78, 5) is 46.9. The quantitative estimate of drug-likeness (QED) is 0.389. The van der Waals surface area contributed by atoms with Gasteiger partial charge in [0.15, 0.2) is 5.78 Å². The number of hydrogen-bond acceptors (Lipinski definition) is 6. The lowest BCUT2D eigenvalue weighted by molar-refractivity contribution is -0.160. The molecule has 8 nitrogen and oxygen atoms in total. The highest BCUT2D eigenvalue weighted by Crippen LogP contribution is 2.65. The summed E-state index contributed by atoms with van der Waals surface area (Å²) in [5.74, 6) is 1.63. The van der Waals surface area contributed by atoms with Gasteiger partial charge in [-0.2, -0.15) is 5.01 Å². The lowest BCUT2D eigenvalue weighted by Gasteiger charge is -2.57. The van der Waals surface area contributed by atoms with Crippen molar-refractivity contribution in [3.05, 3.63) is 16.6 Å². The van der Waals surface area contributed by atoms with Crippen LogP contribution in [0.5, 0.6) is 0 Å². The molecule has 0 aromatic heterocycles. The molecule has 0 radical (unpaired) electrons. The summed E-state index contributed by atoms with van der Waals surface area (Å²) >= 11 is 0. The summed E-state index contributed by atoms with van der Waals surface area (Å²) < 4.78 is 5.92. The molecule has 1 N–H and O–H groups in total. The Morgan fingerprint density at radius 2 is 1.94 bits per heavy atom. The molecule has 6 atom stereocenters. The predicted octanol–water partition coefficient (Wildman–Crippen LogP) is 4.14. The zero-order chi connectivity index (χ0) is 23.1. The predicted molar refractivity (Wildman–Crippen MR) is 118 cm³/mol. The lowest BCUT2D eigenvalue weighted by atomic mass is 9.47. The number of carbonyl (C=O) groups excluding carboxylic acids is 3. The van der Waals surface area contributed by atoms with E-state index in [4.69, 9.17) is 4.74 Å². The average Bonchev–Trinajstić information content (AvgIpc) is 3.10. The molecule has 0 aliphatic heterocycles. The Hall–Kier alpha value is -2.25. The van der Waals surface area contributed by atoms with E-state index in [1.165, 1.54) is 12.6 Å². The molecule has 0 spiro atoms. The number of carbonyl (C=O) groups is 3. The molecular formula is C24H35N3O5. The SMILES string of the molecule is CNC(=O)N(CCC(=O)O[C@H]1CCC2C3CCC4=CC(=O)CC[C@]4(C)C3CC[C@@]21C)N=O. The number of ether oxygens (including phenoxy) is 1. The number of hydrogen-bond donors (Lipinski definition) is 1. The maximum atomic E-state index is 12.5. The number of nitroso groups, excluding NO2 is 1. The second kappa shape index (κ2) is 8.60. The number of allylic oxidation sites excluding steroid dienone is 1. The zero-order valence-electron chi connectivity index (χ0n) is 19.4. The van der Waals surface area contributed by atoms with Gasteiger partial charge in [-0.25, -0.2) is 4.79 Å². The van der Waals surface area contributed by atoms with Crippen molar-refractivity contribution in [1.29, 1.82) is 0 Å².